The van der Waals surface area contributed by atoms with Crippen LogP contribution in [0.2, 0.25) is 0 Å². The molecule has 3 rings (SSSR count). The summed E-state index contributed by atoms with van der Waals surface area (Å²) in [5.41, 5.74) is 1.84. The van der Waals surface area contributed by atoms with Gasteiger partial charge in [-0.1, -0.05) is 11.8 Å². The van der Waals surface area contributed by atoms with Crippen LogP contribution in [0.25, 0.3) is 5.65 Å². The summed E-state index contributed by atoms with van der Waals surface area (Å²) in [6.07, 6.45) is 2.93. The summed E-state index contributed by atoms with van der Waals surface area (Å²) in [6, 6.07) is 8.99. The van der Waals surface area contributed by atoms with Gasteiger partial charge in [0.05, 0.1) is 19.0 Å². The first-order chi connectivity index (χ1) is 13.8. The summed E-state index contributed by atoms with van der Waals surface area (Å²) in [4.78, 5) is 40.2. The van der Waals surface area contributed by atoms with Gasteiger partial charge in [-0.2, -0.15) is 0 Å². The number of nitrogens with one attached hydrogen (secondary N) is 3. The summed E-state index contributed by atoms with van der Waals surface area (Å²) < 4.78 is 6.34. The minimum Gasteiger partial charge on any atom is -0.453 e. The zero-order chi connectivity index (χ0) is 21.0. The average molecular weight is 413 g/mol. The van der Waals surface area contributed by atoms with Gasteiger partial charge in [-0.25, -0.2) is 9.78 Å². The van der Waals surface area contributed by atoms with E-state index in [0.29, 0.717) is 22.8 Å². The lowest BCUT2D eigenvalue weighted by molar-refractivity contribution is -0.115. The number of anilines is 3. The molecular formula is C19H19N5O4S. The molecule has 2 heterocycles. The van der Waals surface area contributed by atoms with Crippen molar-refractivity contribution in [3.05, 3.63) is 42.7 Å². The molecular weight excluding hydrogens is 394 g/mol. The number of benzene rings is 1. The summed E-state index contributed by atoms with van der Waals surface area (Å²) in [6.45, 7) is 2.84. The monoisotopic (exact) mass is 413 g/mol. The molecule has 3 N–H and O–H groups in total. The molecule has 150 valence electrons. The quantitative estimate of drug-likeness (QED) is 0.589. The Morgan fingerprint density at radius 2 is 1.76 bits per heavy atom. The van der Waals surface area contributed by atoms with Crippen molar-refractivity contribution in [2.75, 3.05) is 23.1 Å². The number of aromatic nitrogens is 2. The van der Waals surface area contributed by atoms with Crippen LogP contribution < -0.4 is 16.0 Å². The highest BCUT2D eigenvalue weighted by molar-refractivity contribution is 7.99. The van der Waals surface area contributed by atoms with Gasteiger partial charge in [0, 0.05) is 35.5 Å². The van der Waals surface area contributed by atoms with E-state index in [1.165, 1.54) is 32.7 Å². The van der Waals surface area contributed by atoms with E-state index in [-0.39, 0.29) is 11.8 Å². The van der Waals surface area contributed by atoms with Crippen LogP contribution in [-0.2, 0) is 14.3 Å². The topological polar surface area (TPSA) is 114 Å². The Bertz CT molecular complexity index is 1100. The second-order valence-electron chi connectivity index (χ2n) is 6.05. The van der Waals surface area contributed by atoms with E-state index in [4.69, 9.17) is 0 Å². The molecule has 0 aliphatic carbocycles. The Balaban J connectivity index is 1.87. The predicted molar refractivity (Wildman–Crippen MR) is 110 cm³/mol. The molecule has 0 saturated carbocycles. The molecule has 0 aliphatic heterocycles. The van der Waals surface area contributed by atoms with Gasteiger partial charge in [0.2, 0.25) is 11.8 Å². The van der Waals surface area contributed by atoms with E-state index in [0.717, 1.165) is 9.79 Å². The van der Waals surface area contributed by atoms with Gasteiger partial charge in [0.15, 0.2) is 5.82 Å². The molecule has 0 fully saturated rings. The van der Waals surface area contributed by atoms with Gasteiger partial charge in [-0.15, -0.1) is 0 Å². The molecule has 2 aromatic heterocycles. The van der Waals surface area contributed by atoms with Crippen molar-refractivity contribution in [2.24, 2.45) is 0 Å². The summed E-state index contributed by atoms with van der Waals surface area (Å²) in [5, 5.41) is 8.01. The van der Waals surface area contributed by atoms with Crippen LogP contribution in [0.5, 0.6) is 0 Å². The van der Waals surface area contributed by atoms with Gasteiger partial charge in [-0.05, 0) is 30.3 Å². The zero-order valence-electron chi connectivity index (χ0n) is 16.0. The molecule has 29 heavy (non-hydrogen) atoms. The van der Waals surface area contributed by atoms with E-state index < -0.39 is 6.09 Å². The predicted octanol–water partition coefficient (Wildman–Crippen LogP) is 3.58. The number of carbonyl (C=O) groups excluding carboxylic acids is 3. The Morgan fingerprint density at radius 3 is 2.45 bits per heavy atom. The van der Waals surface area contributed by atoms with Crippen molar-refractivity contribution >= 4 is 52.5 Å². The third-order valence-electron chi connectivity index (χ3n) is 3.68. The number of methoxy groups -OCH3 is 1. The number of imidazole rings is 1. The van der Waals surface area contributed by atoms with Crippen LogP contribution in [0.4, 0.5) is 22.0 Å². The van der Waals surface area contributed by atoms with Crippen molar-refractivity contribution in [3.8, 4) is 0 Å². The molecule has 0 spiro atoms. The fourth-order valence-electron chi connectivity index (χ4n) is 2.56. The summed E-state index contributed by atoms with van der Waals surface area (Å²) in [5.74, 6) is -0.0332. The lowest BCUT2D eigenvalue weighted by atomic mass is 10.2. The van der Waals surface area contributed by atoms with Crippen LogP contribution in [0.15, 0.2) is 52.5 Å². The highest BCUT2D eigenvalue weighted by Crippen LogP contribution is 2.35. The minimum absolute atomic E-state index is 0.193. The van der Waals surface area contributed by atoms with Gasteiger partial charge in [-0.3, -0.25) is 14.9 Å². The average Bonchev–Trinajstić information content (AvgIpc) is 3.04. The van der Waals surface area contributed by atoms with Crippen LogP contribution in [-0.4, -0.2) is 34.4 Å². The summed E-state index contributed by atoms with van der Waals surface area (Å²) in [7, 11) is 1.28. The fraction of sp³-hybridized carbons (Fsp3) is 0.158. The van der Waals surface area contributed by atoms with Crippen LogP contribution in [0.1, 0.15) is 13.8 Å². The Kier molecular flexibility index (Phi) is 6.03. The minimum atomic E-state index is -0.595. The lowest BCUT2D eigenvalue weighted by Crippen LogP contribution is -2.10. The largest absolute Gasteiger partial charge is 0.453 e. The number of amides is 3. The maximum atomic E-state index is 11.6. The lowest BCUT2D eigenvalue weighted by Gasteiger charge is -2.12. The molecule has 0 radical (unpaired) electrons. The molecule has 9 nitrogen and oxygen atoms in total. The zero-order valence-corrected chi connectivity index (χ0v) is 16.8. The van der Waals surface area contributed by atoms with Crippen LogP contribution in [0, 0.1) is 0 Å². The van der Waals surface area contributed by atoms with Crippen molar-refractivity contribution in [1.82, 2.24) is 9.38 Å². The highest BCUT2D eigenvalue weighted by Gasteiger charge is 2.11. The first kappa shape index (κ1) is 20.2. The molecule has 0 bridgehead atoms. The van der Waals surface area contributed by atoms with Crippen molar-refractivity contribution < 1.29 is 19.1 Å². The van der Waals surface area contributed by atoms with E-state index in [1.807, 2.05) is 24.4 Å². The number of carbonyl (C=O) groups is 3. The maximum Gasteiger partial charge on any atom is 0.412 e. The molecule has 3 amide bonds. The third kappa shape index (κ3) is 5.26. The van der Waals surface area contributed by atoms with Gasteiger partial charge < -0.3 is 19.8 Å². The van der Waals surface area contributed by atoms with Crippen molar-refractivity contribution in [3.63, 3.8) is 0 Å². The van der Waals surface area contributed by atoms with Crippen molar-refractivity contribution in [2.45, 2.75) is 23.6 Å². The molecule has 0 atom stereocenters. The fourth-order valence-corrected chi connectivity index (χ4v) is 3.47. The number of hydrogen-bond acceptors (Lipinski definition) is 6. The number of rotatable bonds is 5. The first-order valence-corrected chi connectivity index (χ1v) is 9.36. The number of pyridine rings is 1. The highest BCUT2D eigenvalue weighted by atomic mass is 32.2. The van der Waals surface area contributed by atoms with Gasteiger partial charge in [0.25, 0.3) is 0 Å². The van der Waals surface area contributed by atoms with E-state index in [2.05, 4.69) is 25.7 Å². The molecule has 0 saturated heterocycles. The van der Waals surface area contributed by atoms with Gasteiger partial charge in [0.1, 0.15) is 5.65 Å². The number of nitrogens with zero attached hydrogens (tertiary/aromatic N) is 2. The number of ether oxygens (including phenoxy) is 1. The first-order valence-electron chi connectivity index (χ1n) is 8.55. The second-order valence-corrected chi connectivity index (χ2v) is 7.16. The normalized spacial score (nSPS) is 10.4. The number of fused-ring (bicyclic) bond motifs is 1. The number of hydrogen-bond donors (Lipinski definition) is 3. The standard InChI is InChI=1S/C19H19N5O4S/c1-11(25)20-13-4-6-16(15(8-13)21-12(2)26)29-14-5-7-18-22-17(10-24(18)9-14)23-19(27)28-3/h4-10H,1-3H3,(H,20,25)(H,21,26)(H,23,27). The summed E-state index contributed by atoms with van der Waals surface area (Å²) >= 11 is 1.44. The van der Waals surface area contributed by atoms with Crippen LogP contribution >= 0.6 is 11.8 Å². The van der Waals surface area contributed by atoms with Crippen LogP contribution in [0.3, 0.4) is 0 Å². The molecule has 1 aromatic carbocycles. The second kappa shape index (κ2) is 8.65. The molecule has 0 aliphatic rings. The third-order valence-corrected chi connectivity index (χ3v) is 4.73. The van der Waals surface area contributed by atoms with E-state index in [9.17, 15) is 14.4 Å². The smallest absolute Gasteiger partial charge is 0.412 e. The molecule has 10 heteroatoms. The SMILES string of the molecule is COC(=O)Nc1cn2cc(Sc3ccc(NC(C)=O)cc3NC(C)=O)ccc2n1. The van der Waals surface area contributed by atoms with Crippen molar-refractivity contribution in [1.29, 1.82) is 0 Å². The maximum absolute atomic E-state index is 11.6. The molecule has 3 aromatic rings. The Morgan fingerprint density at radius 1 is 1.00 bits per heavy atom. The Hall–Kier alpha value is -3.53. The molecule has 0 unspecified atom stereocenters. The van der Waals surface area contributed by atoms with Gasteiger partial charge >= 0.3 is 6.09 Å². The van der Waals surface area contributed by atoms with E-state index in [1.54, 1.807) is 22.7 Å². The Labute approximate surface area is 170 Å². The van der Waals surface area contributed by atoms with E-state index >= 15 is 0 Å².